The standard InChI is InChI=1S/C17H27N3O2/c1-4-15-18-12(2)10-16(19-15)20-8-5-6-14(20)13-11-22-9-7-17(13,3)21/h10,13-14,21H,4-9,11H2,1-3H3/t13-,14-,17-/m1/s1. The van der Waals surface area contributed by atoms with E-state index in [9.17, 15) is 5.11 Å². The molecule has 1 aromatic heterocycles. The number of aliphatic hydroxyl groups is 1. The summed E-state index contributed by atoms with van der Waals surface area (Å²) in [5, 5.41) is 10.8. The Kier molecular flexibility index (Phi) is 4.37. The van der Waals surface area contributed by atoms with E-state index < -0.39 is 5.60 Å². The van der Waals surface area contributed by atoms with E-state index in [1.165, 1.54) is 0 Å². The van der Waals surface area contributed by atoms with Crippen molar-refractivity contribution in [2.45, 2.75) is 58.1 Å². The van der Waals surface area contributed by atoms with Crippen molar-refractivity contribution in [3.8, 4) is 0 Å². The van der Waals surface area contributed by atoms with E-state index in [-0.39, 0.29) is 5.92 Å². The van der Waals surface area contributed by atoms with Crippen LogP contribution in [-0.2, 0) is 11.2 Å². The third-order valence-electron chi connectivity index (χ3n) is 5.11. The molecule has 0 radical (unpaired) electrons. The molecule has 0 aromatic carbocycles. The van der Waals surface area contributed by atoms with Crippen molar-refractivity contribution in [3.63, 3.8) is 0 Å². The van der Waals surface area contributed by atoms with Crippen molar-refractivity contribution in [3.05, 3.63) is 17.6 Å². The molecule has 5 nitrogen and oxygen atoms in total. The molecule has 0 spiro atoms. The first kappa shape index (κ1) is 15.7. The second-order valence-electron chi connectivity index (χ2n) is 6.83. The van der Waals surface area contributed by atoms with Crippen molar-refractivity contribution in [2.24, 2.45) is 5.92 Å². The number of aryl methyl sites for hydroxylation is 2. The summed E-state index contributed by atoms with van der Waals surface area (Å²) in [6.45, 7) is 8.35. The lowest BCUT2D eigenvalue weighted by molar-refractivity contribution is -0.108. The highest BCUT2D eigenvalue weighted by Crippen LogP contribution is 2.37. The molecule has 22 heavy (non-hydrogen) atoms. The van der Waals surface area contributed by atoms with Gasteiger partial charge in [0, 0.05) is 43.3 Å². The highest BCUT2D eigenvalue weighted by Gasteiger charge is 2.44. The molecule has 0 amide bonds. The Morgan fingerprint density at radius 3 is 3.00 bits per heavy atom. The molecule has 2 saturated heterocycles. The monoisotopic (exact) mass is 305 g/mol. The number of nitrogens with zero attached hydrogens (tertiary/aromatic N) is 3. The highest BCUT2D eigenvalue weighted by atomic mass is 16.5. The summed E-state index contributed by atoms with van der Waals surface area (Å²) in [5.41, 5.74) is 0.361. The fourth-order valence-corrected chi connectivity index (χ4v) is 3.79. The number of aromatic nitrogens is 2. The SMILES string of the molecule is CCc1nc(C)cc(N2CCC[C@@H]2[C@H]2COCC[C@@]2(C)O)n1. The summed E-state index contributed by atoms with van der Waals surface area (Å²) in [7, 11) is 0. The molecule has 3 heterocycles. The minimum absolute atomic E-state index is 0.143. The Labute approximate surface area is 132 Å². The summed E-state index contributed by atoms with van der Waals surface area (Å²) in [4.78, 5) is 11.6. The Hall–Kier alpha value is -1.20. The predicted molar refractivity (Wildman–Crippen MR) is 86.1 cm³/mol. The van der Waals surface area contributed by atoms with Gasteiger partial charge in [-0.05, 0) is 33.1 Å². The molecule has 1 aromatic rings. The maximum Gasteiger partial charge on any atom is 0.132 e. The van der Waals surface area contributed by atoms with E-state index in [2.05, 4.69) is 22.9 Å². The lowest BCUT2D eigenvalue weighted by Crippen LogP contribution is -2.52. The smallest absolute Gasteiger partial charge is 0.132 e. The second kappa shape index (κ2) is 6.13. The van der Waals surface area contributed by atoms with Gasteiger partial charge in [0.25, 0.3) is 0 Å². The van der Waals surface area contributed by atoms with Crippen LogP contribution in [0.25, 0.3) is 0 Å². The Morgan fingerprint density at radius 2 is 2.27 bits per heavy atom. The predicted octanol–water partition coefficient (Wildman–Crippen LogP) is 2.10. The Morgan fingerprint density at radius 1 is 1.45 bits per heavy atom. The molecule has 5 heteroatoms. The van der Waals surface area contributed by atoms with Crippen LogP contribution >= 0.6 is 0 Å². The number of hydrogen-bond acceptors (Lipinski definition) is 5. The van der Waals surface area contributed by atoms with Crippen molar-refractivity contribution >= 4 is 5.82 Å². The lowest BCUT2D eigenvalue weighted by atomic mass is 9.79. The van der Waals surface area contributed by atoms with Gasteiger partial charge in [0.1, 0.15) is 11.6 Å². The molecular weight excluding hydrogens is 278 g/mol. The first-order valence-corrected chi connectivity index (χ1v) is 8.42. The van der Waals surface area contributed by atoms with Gasteiger partial charge in [-0.3, -0.25) is 0 Å². The second-order valence-corrected chi connectivity index (χ2v) is 6.83. The van der Waals surface area contributed by atoms with Crippen LogP contribution in [0.1, 0.15) is 44.6 Å². The quantitative estimate of drug-likeness (QED) is 0.927. The average Bonchev–Trinajstić information content (AvgIpc) is 2.95. The van der Waals surface area contributed by atoms with Crippen molar-refractivity contribution in [1.82, 2.24) is 9.97 Å². The first-order valence-electron chi connectivity index (χ1n) is 8.42. The number of hydrogen-bond donors (Lipinski definition) is 1. The maximum atomic E-state index is 10.8. The van der Waals surface area contributed by atoms with E-state index >= 15 is 0 Å². The van der Waals surface area contributed by atoms with Gasteiger partial charge in [-0.2, -0.15) is 0 Å². The van der Waals surface area contributed by atoms with E-state index in [1.807, 2.05) is 13.8 Å². The summed E-state index contributed by atoms with van der Waals surface area (Å²) in [6.07, 6.45) is 3.79. The van der Waals surface area contributed by atoms with E-state index in [1.54, 1.807) is 0 Å². The topological polar surface area (TPSA) is 58.5 Å². The minimum Gasteiger partial charge on any atom is -0.390 e. The zero-order valence-corrected chi connectivity index (χ0v) is 13.9. The summed E-state index contributed by atoms with van der Waals surface area (Å²) in [5.74, 6) is 2.05. The van der Waals surface area contributed by atoms with Crippen LogP contribution in [0.15, 0.2) is 6.07 Å². The fraction of sp³-hybridized carbons (Fsp3) is 0.765. The molecule has 1 N–H and O–H groups in total. The van der Waals surface area contributed by atoms with Gasteiger partial charge >= 0.3 is 0 Å². The van der Waals surface area contributed by atoms with Gasteiger partial charge in [0.05, 0.1) is 12.2 Å². The van der Waals surface area contributed by atoms with Crippen LogP contribution in [0.3, 0.4) is 0 Å². The fourth-order valence-electron chi connectivity index (χ4n) is 3.79. The van der Waals surface area contributed by atoms with Gasteiger partial charge in [0.15, 0.2) is 0 Å². The normalized spacial score (nSPS) is 32.5. The van der Waals surface area contributed by atoms with Gasteiger partial charge < -0.3 is 14.7 Å². The van der Waals surface area contributed by atoms with Crippen molar-refractivity contribution < 1.29 is 9.84 Å². The first-order chi connectivity index (χ1) is 10.5. The summed E-state index contributed by atoms with van der Waals surface area (Å²) >= 11 is 0. The zero-order valence-electron chi connectivity index (χ0n) is 13.9. The average molecular weight is 305 g/mol. The van der Waals surface area contributed by atoms with Crippen LogP contribution in [0.4, 0.5) is 5.82 Å². The third kappa shape index (κ3) is 2.97. The number of anilines is 1. The maximum absolute atomic E-state index is 10.8. The third-order valence-corrected chi connectivity index (χ3v) is 5.11. The van der Waals surface area contributed by atoms with Gasteiger partial charge in [-0.1, -0.05) is 6.92 Å². The molecule has 0 unspecified atom stereocenters. The Bertz CT molecular complexity index is 533. The molecule has 0 bridgehead atoms. The van der Waals surface area contributed by atoms with Crippen LogP contribution in [0, 0.1) is 12.8 Å². The molecular formula is C17H27N3O2. The number of ether oxygens (including phenoxy) is 1. The highest BCUT2D eigenvalue weighted by molar-refractivity contribution is 5.43. The molecule has 3 atom stereocenters. The largest absolute Gasteiger partial charge is 0.390 e. The molecule has 2 aliphatic rings. The van der Waals surface area contributed by atoms with Crippen LogP contribution < -0.4 is 4.90 Å². The summed E-state index contributed by atoms with van der Waals surface area (Å²) in [6, 6.07) is 2.37. The van der Waals surface area contributed by atoms with Gasteiger partial charge in [0.2, 0.25) is 0 Å². The molecule has 122 valence electrons. The molecule has 0 saturated carbocycles. The van der Waals surface area contributed by atoms with Crippen molar-refractivity contribution in [2.75, 3.05) is 24.7 Å². The van der Waals surface area contributed by atoms with Crippen LogP contribution in [0.2, 0.25) is 0 Å². The lowest BCUT2D eigenvalue weighted by Gasteiger charge is -2.43. The Balaban J connectivity index is 1.88. The van der Waals surface area contributed by atoms with E-state index in [0.29, 0.717) is 25.7 Å². The number of rotatable bonds is 3. The minimum atomic E-state index is -0.652. The van der Waals surface area contributed by atoms with E-state index in [0.717, 1.165) is 43.1 Å². The molecule has 3 rings (SSSR count). The summed E-state index contributed by atoms with van der Waals surface area (Å²) < 4.78 is 5.66. The zero-order chi connectivity index (χ0) is 15.7. The van der Waals surface area contributed by atoms with Crippen molar-refractivity contribution in [1.29, 1.82) is 0 Å². The molecule has 2 aliphatic heterocycles. The van der Waals surface area contributed by atoms with Crippen LogP contribution in [-0.4, -0.2) is 46.5 Å². The van der Waals surface area contributed by atoms with Gasteiger partial charge in [-0.25, -0.2) is 9.97 Å². The molecule has 0 aliphatic carbocycles. The van der Waals surface area contributed by atoms with Gasteiger partial charge in [-0.15, -0.1) is 0 Å². The van der Waals surface area contributed by atoms with Crippen LogP contribution in [0.5, 0.6) is 0 Å². The molecule has 2 fully saturated rings. The van der Waals surface area contributed by atoms with E-state index in [4.69, 9.17) is 9.72 Å².